The Morgan fingerprint density at radius 2 is 1.82 bits per heavy atom. The van der Waals surface area contributed by atoms with Gasteiger partial charge in [-0.2, -0.15) is 0 Å². The number of esters is 1. The molecule has 57 valence electrons. The zero-order chi connectivity index (χ0) is 8.15. The molecule has 0 bridgehead atoms. The van der Waals surface area contributed by atoms with Gasteiger partial charge in [0.05, 0.1) is 0 Å². The molecule has 0 aliphatic rings. The molecule has 3 nitrogen and oxygen atoms in total. The summed E-state index contributed by atoms with van der Waals surface area (Å²) < 4.78 is 4.48. The van der Waals surface area contributed by atoms with Crippen molar-refractivity contribution in [1.29, 1.82) is 0 Å². The normalized spacial score (nSPS) is 7.82. The molecule has 11 heavy (non-hydrogen) atoms. The van der Waals surface area contributed by atoms with E-state index in [0.29, 0.717) is 5.57 Å². The molecule has 0 saturated carbocycles. The molecule has 0 aromatic heterocycles. The van der Waals surface area contributed by atoms with Crippen molar-refractivity contribution in [1.82, 2.24) is 0 Å². The molecule has 0 spiro atoms. The summed E-state index contributed by atoms with van der Waals surface area (Å²) in [6.45, 7) is 6.07. The van der Waals surface area contributed by atoms with Crippen LogP contribution in [-0.2, 0) is 14.3 Å². The van der Waals surface area contributed by atoms with Gasteiger partial charge in [-0.25, -0.2) is 4.79 Å². The summed E-state index contributed by atoms with van der Waals surface area (Å²) in [5.74, 6) is -0.690. The summed E-state index contributed by atoms with van der Waals surface area (Å²) in [5, 5.41) is 0. The molecule has 0 amide bonds. The van der Waals surface area contributed by atoms with Crippen LogP contribution in [0.5, 0.6) is 0 Å². The maximum atomic E-state index is 10.6. The van der Waals surface area contributed by atoms with Crippen LogP contribution in [0.1, 0.15) is 13.8 Å². The molecule has 0 heterocycles. The number of Topliss-reactive ketones (excluding diaryl/α,β-unsaturated/α-hetero) is 1. The third-order valence-electron chi connectivity index (χ3n) is 0.755. The largest absolute Gasteiger partial charge is 0.454 e. The maximum absolute atomic E-state index is 10.6. The molecule has 0 aromatic carbocycles. The number of carbonyl (C=O) groups excluding carboxylic acids is 2. The van der Waals surface area contributed by atoms with E-state index in [0.717, 1.165) is 0 Å². The first-order valence-corrected chi connectivity index (χ1v) is 2.86. The fraction of sp³-hybridized carbons (Fsp3) is 0.429. The topological polar surface area (TPSA) is 43.4 Å². The zero-order valence-electron chi connectivity index (χ0n) is 7.14. The molecule has 4 heteroatoms. The molecule has 0 atom stereocenters. The number of ether oxygens (including phenoxy) is 1. The minimum Gasteiger partial charge on any atom is -0.454 e. The number of carbonyl (C=O) groups is 2. The summed E-state index contributed by atoms with van der Waals surface area (Å²) in [4.78, 5) is 20.8. The Bertz CT molecular complexity index is 175. The second-order valence-electron chi connectivity index (χ2n) is 2.06. The Hall–Kier alpha value is -0.120. The Kier molecular flexibility index (Phi) is 8.06. The van der Waals surface area contributed by atoms with Gasteiger partial charge < -0.3 is 4.74 Å². The summed E-state index contributed by atoms with van der Waals surface area (Å²) >= 11 is 0. The molecule has 0 rings (SSSR count). The summed E-state index contributed by atoms with van der Waals surface area (Å²) in [6, 6.07) is 0. The van der Waals surface area contributed by atoms with Gasteiger partial charge in [0.25, 0.3) is 0 Å². The van der Waals surface area contributed by atoms with E-state index >= 15 is 0 Å². The molecule has 1 radical (unpaired) electrons. The van der Waals surface area contributed by atoms with Crippen LogP contribution in [0.3, 0.4) is 0 Å². The number of hydrogen-bond donors (Lipinski definition) is 0. The molecule has 0 unspecified atom stereocenters. The zero-order valence-corrected chi connectivity index (χ0v) is 9.14. The van der Waals surface area contributed by atoms with E-state index in [-0.39, 0.29) is 41.9 Å². The Morgan fingerprint density at radius 1 is 1.36 bits per heavy atom. The average Bonchev–Trinajstić information content (AvgIpc) is 1.82. The predicted octanol–water partition coefficient (Wildman–Crippen LogP) is 0.314. The van der Waals surface area contributed by atoms with Crippen molar-refractivity contribution in [2.45, 2.75) is 13.8 Å². The van der Waals surface area contributed by atoms with Crippen molar-refractivity contribution in [3.05, 3.63) is 12.2 Å². The van der Waals surface area contributed by atoms with E-state index in [9.17, 15) is 9.59 Å². The van der Waals surface area contributed by atoms with Gasteiger partial charge in [0.2, 0.25) is 0 Å². The van der Waals surface area contributed by atoms with Crippen LogP contribution in [0.25, 0.3) is 0 Å². The fourth-order valence-electron chi connectivity index (χ4n) is 0.290. The standard InChI is InChI=1S/C7H10O3.Na/c1-5(2)7(9)10-4-6(3)8;/h1,4H2,2-3H3;. The number of hydrogen-bond acceptors (Lipinski definition) is 3. The fourth-order valence-corrected chi connectivity index (χ4v) is 0.290. The van der Waals surface area contributed by atoms with Crippen LogP contribution in [-0.4, -0.2) is 47.9 Å². The Labute approximate surface area is 88.1 Å². The quantitative estimate of drug-likeness (QED) is 0.343. The third-order valence-corrected chi connectivity index (χ3v) is 0.755. The van der Waals surface area contributed by atoms with Gasteiger partial charge in [-0.3, -0.25) is 4.79 Å². The van der Waals surface area contributed by atoms with Crippen LogP contribution in [0, 0.1) is 0 Å². The van der Waals surface area contributed by atoms with Gasteiger partial charge in [-0.1, -0.05) is 6.58 Å². The van der Waals surface area contributed by atoms with Crippen molar-refractivity contribution < 1.29 is 14.3 Å². The molecule has 0 N–H and O–H groups in total. The van der Waals surface area contributed by atoms with Gasteiger partial charge >= 0.3 is 5.97 Å². The van der Waals surface area contributed by atoms with Gasteiger partial charge in [-0.05, 0) is 13.8 Å². The predicted molar refractivity (Wildman–Crippen MR) is 42.2 cm³/mol. The summed E-state index contributed by atoms with van der Waals surface area (Å²) in [6.07, 6.45) is 0. The van der Waals surface area contributed by atoms with Crippen molar-refractivity contribution >= 4 is 41.3 Å². The SMILES string of the molecule is C=C(C)C(=O)OCC(C)=O.[Na]. The number of ketones is 1. The second-order valence-corrected chi connectivity index (χ2v) is 2.06. The Balaban J connectivity index is 0. The molecule has 0 saturated heterocycles. The molecule has 0 aliphatic carbocycles. The molecule has 0 aliphatic heterocycles. The van der Waals surface area contributed by atoms with Gasteiger partial charge in [0.1, 0.15) is 6.61 Å². The van der Waals surface area contributed by atoms with Crippen LogP contribution in [0.2, 0.25) is 0 Å². The minimum atomic E-state index is -0.518. The summed E-state index contributed by atoms with van der Waals surface area (Å²) in [7, 11) is 0. The average molecular weight is 165 g/mol. The monoisotopic (exact) mass is 165 g/mol. The first-order chi connectivity index (χ1) is 4.54. The van der Waals surface area contributed by atoms with Crippen LogP contribution >= 0.6 is 0 Å². The van der Waals surface area contributed by atoms with Gasteiger partial charge in [0.15, 0.2) is 5.78 Å². The van der Waals surface area contributed by atoms with Crippen molar-refractivity contribution in [3.8, 4) is 0 Å². The van der Waals surface area contributed by atoms with Crippen molar-refractivity contribution in [2.75, 3.05) is 6.61 Å². The first-order valence-electron chi connectivity index (χ1n) is 2.86. The smallest absolute Gasteiger partial charge is 0.333 e. The third kappa shape index (κ3) is 7.78. The first kappa shape index (κ1) is 13.5. The molecule has 0 aromatic rings. The van der Waals surface area contributed by atoms with Crippen LogP contribution in [0.15, 0.2) is 12.2 Å². The summed E-state index contributed by atoms with van der Waals surface area (Å²) in [5.41, 5.74) is 0.307. The molecule has 0 fully saturated rings. The van der Waals surface area contributed by atoms with Gasteiger partial charge in [0, 0.05) is 35.1 Å². The van der Waals surface area contributed by atoms with Crippen molar-refractivity contribution in [2.24, 2.45) is 0 Å². The molecular weight excluding hydrogens is 155 g/mol. The van der Waals surface area contributed by atoms with E-state index in [1.807, 2.05) is 0 Å². The molecular formula is C7H10NaO3. The Morgan fingerprint density at radius 3 is 2.09 bits per heavy atom. The minimum absolute atomic E-state index is 0. The van der Waals surface area contributed by atoms with E-state index in [1.165, 1.54) is 13.8 Å². The number of rotatable bonds is 3. The van der Waals surface area contributed by atoms with E-state index in [4.69, 9.17) is 0 Å². The van der Waals surface area contributed by atoms with Crippen LogP contribution in [0.4, 0.5) is 0 Å². The van der Waals surface area contributed by atoms with Crippen molar-refractivity contribution in [3.63, 3.8) is 0 Å². The van der Waals surface area contributed by atoms with E-state index < -0.39 is 5.97 Å². The second kappa shape index (κ2) is 6.58. The van der Waals surface area contributed by atoms with E-state index in [1.54, 1.807) is 0 Å². The van der Waals surface area contributed by atoms with E-state index in [2.05, 4.69) is 11.3 Å². The van der Waals surface area contributed by atoms with Gasteiger partial charge in [-0.15, -0.1) is 0 Å². The van der Waals surface area contributed by atoms with Crippen LogP contribution < -0.4 is 0 Å². The maximum Gasteiger partial charge on any atom is 0.333 e.